The number of piperazine rings is 1. The van der Waals surface area contributed by atoms with Crippen LogP contribution in [-0.2, 0) is 19.9 Å². The minimum absolute atomic E-state index is 0. The molecule has 4 N–H and O–H groups in total. The SMILES string of the molecule is Cl.Cl.Cn1c(CCc2ccc(C(=N)N)cc2)nc2cc(C(=O)NN3CCN(CC=Cc4ccccc4)CC3)ccc21. The number of nitrogens with zero attached hydrogens (tertiary/aromatic N) is 4. The molecular weight excluding hydrogens is 557 g/mol. The Morgan fingerprint density at radius 3 is 2.32 bits per heavy atom. The first kappa shape index (κ1) is 31.8. The summed E-state index contributed by atoms with van der Waals surface area (Å²) in [5.74, 6) is 0.939. The van der Waals surface area contributed by atoms with E-state index in [9.17, 15) is 4.79 Å². The molecule has 1 amide bonds. The second-order valence-corrected chi connectivity index (χ2v) is 9.94. The Hall–Kier alpha value is -3.69. The number of nitrogens with one attached hydrogen (secondary N) is 2. The summed E-state index contributed by atoms with van der Waals surface area (Å²) in [5.41, 5.74) is 14.2. The van der Waals surface area contributed by atoms with E-state index in [2.05, 4.69) is 39.2 Å². The molecule has 4 aromatic rings. The first-order valence-electron chi connectivity index (χ1n) is 13.3. The van der Waals surface area contributed by atoms with Gasteiger partial charge >= 0.3 is 0 Å². The lowest BCUT2D eigenvalue weighted by atomic mass is 10.1. The maximum absolute atomic E-state index is 13.0. The van der Waals surface area contributed by atoms with Crippen LogP contribution in [0.15, 0.2) is 78.9 Å². The Bertz CT molecular complexity index is 1480. The van der Waals surface area contributed by atoms with E-state index < -0.39 is 0 Å². The van der Waals surface area contributed by atoms with Gasteiger partial charge in [-0.3, -0.25) is 20.5 Å². The molecule has 0 atom stereocenters. The molecule has 2 heterocycles. The zero-order valence-electron chi connectivity index (χ0n) is 23.1. The van der Waals surface area contributed by atoms with Gasteiger partial charge in [0.2, 0.25) is 0 Å². The summed E-state index contributed by atoms with van der Waals surface area (Å²) in [7, 11) is 2.01. The number of nitrogens with two attached hydrogens (primary N) is 1. The van der Waals surface area contributed by atoms with Crippen molar-refractivity contribution < 1.29 is 4.79 Å². The molecular formula is C31H37Cl2N7O. The van der Waals surface area contributed by atoms with E-state index >= 15 is 0 Å². The van der Waals surface area contributed by atoms with Gasteiger partial charge in [-0.1, -0.05) is 66.7 Å². The molecule has 216 valence electrons. The van der Waals surface area contributed by atoms with Gasteiger partial charge in [0.1, 0.15) is 11.7 Å². The molecule has 8 nitrogen and oxygen atoms in total. The summed E-state index contributed by atoms with van der Waals surface area (Å²) in [5, 5.41) is 9.54. The Balaban J connectivity index is 0.00000231. The van der Waals surface area contributed by atoms with Crippen LogP contribution in [-0.4, -0.2) is 63.9 Å². The lowest BCUT2D eigenvalue weighted by molar-refractivity contribution is 0.0641. The Labute approximate surface area is 253 Å². The average Bonchev–Trinajstić information content (AvgIpc) is 3.28. The van der Waals surface area contributed by atoms with Crippen LogP contribution >= 0.6 is 24.8 Å². The topological polar surface area (TPSA) is 103 Å². The number of amides is 1. The van der Waals surface area contributed by atoms with Crippen molar-refractivity contribution in [2.45, 2.75) is 12.8 Å². The number of halogens is 2. The van der Waals surface area contributed by atoms with E-state index in [0.29, 0.717) is 5.56 Å². The van der Waals surface area contributed by atoms with Crippen LogP contribution in [0.2, 0.25) is 0 Å². The number of amidine groups is 1. The normalized spacial score (nSPS) is 14.0. The molecule has 0 aliphatic carbocycles. The number of benzene rings is 3. The Morgan fingerprint density at radius 1 is 0.951 bits per heavy atom. The molecule has 41 heavy (non-hydrogen) atoms. The zero-order chi connectivity index (χ0) is 27.2. The fourth-order valence-corrected chi connectivity index (χ4v) is 4.87. The zero-order valence-corrected chi connectivity index (χ0v) is 24.8. The van der Waals surface area contributed by atoms with E-state index in [0.717, 1.165) is 68.0 Å². The largest absolute Gasteiger partial charge is 0.384 e. The van der Waals surface area contributed by atoms with E-state index in [1.54, 1.807) is 0 Å². The van der Waals surface area contributed by atoms with Crippen molar-refractivity contribution in [1.29, 1.82) is 5.41 Å². The fourth-order valence-electron chi connectivity index (χ4n) is 4.87. The highest BCUT2D eigenvalue weighted by molar-refractivity contribution is 5.97. The van der Waals surface area contributed by atoms with E-state index in [1.165, 1.54) is 11.1 Å². The number of nitrogen functional groups attached to an aromatic ring is 1. The first-order valence-corrected chi connectivity index (χ1v) is 13.3. The number of fused-ring (bicyclic) bond motifs is 1. The molecule has 1 aliphatic heterocycles. The second-order valence-electron chi connectivity index (χ2n) is 9.94. The van der Waals surface area contributed by atoms with Crippen molar-refractivity contribution in [1.82, 2.24) is 24.9 Å². The van der Waals surface area contributed by atoms with Gasteiger partial charge in [-0.25, -0.2) is 9.99 Å². The predicted octanol–water partition coefficient (Wildman–Crippen LogP) is 4.46. The molecule has 0 radical (unpaired) electrons. The molecule has 0 spiro atoms. The van der Waals surface area contributed by atoms with Crippen molar-refractivity contribution in [2.24, 2.45) is 12.8 Å². The van der Waals surface area contributed by atoms with Gasteiger partial charge in [-0.15, -0.1) is 24.8 Å². The summed E-state index contributed by atoms with van der Waals surface area (Å²) in [6.07, 6.45) is 5.96. The van der Waals surface area contributed by atoms with E-state index in [-0.39, 0.29) is 36.6 Å². The number of hydrogen-bond acceptors (Lipinski definition) is 5. The monoisotopic (exact) mass is 593 g/mol. The van der Waals surface area contributed by atoms with Gasteiger partial charge in [0.25, 0.3) is 5.91 Å². The number of rotatable bonds is 9. The fraction of sp³-hybridized carbons (Fsp3) is 0.258. The minimum Gasteiger partial charge on any atom is -0.384 e. The van der Waals surface area contributed by atoms with Crippen LogP contribution in [0.4, 0.5) is 0 Å². The molecule has 0 bridgehead atoms. The summed E-state index contributed by atoms with van der Waals surface area (Å²) < 4.78 is 2.09. The van der Waals surface area contributed by atoms with Crippen molar-refractivity contribution in [3.63, 3.8) is 0 Å². The number of carbonyl (C=O) groups is 1. The molecule has 3 aromatic carbocycles. The van der Waals surface area contributed by atoms with Crippen molar-refractivity contribution in [3.8, 4) is 0 Å². The highest BCUT2D eigenvalue weighted by Crippen LogP contribution is 2.19. The highest BCUT2D eigenvalue weighted by atomic mass is 35.5. The number of aromatic nitrogens is 2. The van der Waals surface area contributed by atoms with Crippen LogP contribution in [0.3, 0.4) is 0 Å². The molecule has 1 aromatic heterocycles. The molecule has 10 heteroatoms. The van der Waals surface area contributed by atoms with Crippen LogP contribution in [0.25, 0.3) is 17.1 Å². The predicted molar refractivity (Wildman–Crippen MR) is 171 cm³/mol. The highest BCUT2D eigenvalue weighted by Gasteiger charge is 2.19. The number of imidazole rings is 1. The van der Waals surface area contributed by atoms with Crippen molar-refractivity contribution >= 4 is 53.7 Å². The second kappa shape index (κ2) is 14.8. The van der Waals surface area contributed by atoms with Gasteiger partial charge in [0.05, 0.1) is 11.0 Å². The Kier molecular flexibility index (Phi) is 11.5. The summed E-state index contributed by atoms with van der Waals surface area (Å²) >= 11 is 0. The lowest BCUT2D eigenvalue weighted by Crippen LogP contribution is -2.53. The van der Waals surface area contributed by atoms with Crippen LogP contribution < -0.4 is 11.2 Å². The quantitative estimate of drug-likeness (QED) is 0.196. The number of aryl methyl sites for hydroxylation is 3. The first-order chi connectivity index (χ1) is 19.0. The third-order valence-electron chi connectivity index (χ3n) is 7.24. The number of hydrazine groups is 1. The maximum atomic E-state index is 13.0. The summed E-state index contributed by atoms with van der Waals surface area (Å²) in [6, 6.07) is 23.8. The molecule has 1 fully saturated rings. The lowest BCUT2D eigenvalue weighted by Gasteiger charge is -2.34. The van der Waals surface area contributed by atoms with Gasteiger partial charge < -0.3 is 10.3 Å². The third-order valence-corrected chi connectivity index (χ3v) is 7.24. The Morgan fingerprint density at radius 2 is 1.63 bits per heavy atom. The summed E-state index contributed by atoms with van der Waals surface area (Å²) in [6.45, 7) is 4.28. The molecule has 1 aliphatic rings. The van der Waals surface area contributed by atoms with E-state index in [1.807, 2.05) is 72.7 Å². The molecule has 1 saturated heterocycles. The molecule has 5 rings (SSSR count). The number of carbonyl (C=O) groups excluding carboxylic acids is 1. The molecule has 0 saturated carbocycles. The minimum atomic E-state index is -0.105. The maximum Gasteiger partial charge on any atom is 0.265 e. The van der Waals surface area contributed by atoms with Gasteiger partial charge in [-0.05, 0) is 35.7 Å². The van der Waals surface area contributed by atoms with Crippen LogP contribution in [0.1, 0.15) is 32.9 Å². The smallest absolute Gasteiger partial charge is 0.265 e. The number of hydrogen-bond donors (Lipinski definition) is 3. The van der Waals surface area contributed by atoms with Gasteiger partial charge in [0, 0.05) is 57.3 Å². The van der Waals surface area contributed by atoms with Gasteiger partial charge in [-0.2, -0.15) is 0 Å². The standard InChI is InChI=1S/C31H35N7O.2ClH/c1-36-28-15-14-26(22-27(28)34-29(36)16-11-24-9-12-25(13-10-24)30(32)33)31(39)35-38-20-18-37(19-21-38)17-5-8-23-6-3-2-4-7-23;;/h2-10,12-15,22H,11,16-21H2,1H3,(H3,32,33)(H,35,39);2*1H. The average molecular weight is 595 g/mol. The van der Waals surface area contributed by atoms with Crippen LogP contribution in [0, 0.1) is 5.41 Å². The molecule has 0 unspecified atom stereocenters. The van der Waals surface area contributed by atoms with E-state index in [4.69, 9.17) is 16.1 Å². The van der Waals surface area contributed by atoms with Gasteiger partial charge in [0.15, 0.2) is 0 Å². The van der Waals surface area contributed by atoms with Crippen molar-refractivity contribution in [3.05, 3.63) is 107 Å². The summed E-state index contributed by atoms with van der Waals surface area (Å²) in [4.78, 5) is 20.2. The third kappa shape index (κ3) is 8.17. The van der Waals surface area contributed by atoms with Crippen LogP contribution in [0.5, 0.6) is 0 Å². The van der Waals surface area contributed by atoms with Crippen molar-refractivity contribution in [2.75, 3.05) is 32.7 Å².